The van der Waals surface area contributed by atoms with Gasteiger partial charge in [-0.05, 0) is 23.3 Å². The van der Waals surface area contributed by atoms with Gasteiger partial charge in [-0.25, -0.2) is 4.68 Å². The van der Waals surface area contributed by atoms with Crippen molar-refractivity contribution in [1.82, 2.24) is 14.9 Å². The highest BCUT2D eigenvalue weighted by atomic mass is 32.2. The average molecular weight is 352 g/mol. The molecule has 128 valence electrons. The molecule has 6 heteroatoms. The second-order valence-electron chi connectivity index (χ2n) is 5.42. The molecule has 0 aliphatic rings. The van der Waals surface area contributed by atoms with Gasteiger partial charge in [0, 0.05) is 12.2 Å². The summed E-state index contributed by atoms with van der Waals surface area (Å²) in [6.07, 6.45) is 4.81. The van der Waals surface area contributed by atoms with Crippen molar-refractivity contribution in [2.24, 2.45) is 0 Å². The van der Waals surface area contributed by atoms with Gasteiger partial charge in [0.1, 0.15) is 5.75 Å². The molecule has 0 unspecified atom stereocenters. The maximum atomic E-state index is 6.12. The van der Waals surface area contributed by atoms with E-state index in [-0.39, 0.29) is 0 Å². The summed E-state index contributed by atoms with van der Waals surface area (Å²) in [6.45, 7) is 0. The molecule has 2 aromatic carbocycles. The molecule has 0 radical (unpaired) electrons. The van der Waals surface area contributed by atoms with Crippen LogP contribution in [0.2, 0.25) is 0 Å². The molecule has 25 heavy (non-hydrogen) atoms. The molecular formula is C19H20N4OS. The summed E-state index contributed by atoms with van der Waals surface area (Å²) in [5, 5.41) is 9.09. The van der Waals surface area contributed by atoms with Crippen LogP contribution < -0.4 is 10.6 Å². The van der Waals surface area contributed by atoms with Gasteiger partial charge < -0.3 is 10.6 Å². The van der Waals surface area contributed by atoms with Gasteiger partial charge in [-0.2, -0.15) is 0 Å². The normalized spacial score (nSPS) is 11.1. The SMILES string of the molecule is COc1ccc(Cc2nnc(SCC=Cc3ccccc3)n2N)cc1. The van der Waals surface area contributed by atoms with Crippen molar-refractivity contribution in [3.63, 3.8) is 0 Å². The third kappa shape index (κ3) is 4.64. The van der Waals surface area contributed by atoms with Crippen molar-refractivity contribution in [3.05, 3.63) is 77.6 Å². The third-order valence-corrected chi connectivity index (χ3v) is 4.57. The molecule has 1 aromatic heterocycles. The number of ether oxygens (including phenoxy) is 1. The van der Waals surface area contributed by atoms with E-state index in [0.717, 1.165) is 22.9 Å². The van der Waals surface area contributed by atoms with Gasteiger partial charge in [-0.15, -0.1) is 10.2 Å². The summed E-state index contributed by atoms with van der Waals surface area (Å²) in [5.41, 5.74) is 2.29. The zero-order valence-electron chi connectivity index (χ0n) is 14.0. The monoisotopic (exact) mass is 352 g/mol. The smallest absolute Gasteiger partial charge is 0.210 e. The maximum Gasteiger partial charge on any atom is 0.210 e. The average Bonchev–Trinajstić information content (AvgIpc) is 3.00. The standard InChI is InChI=1S/C19H20N4OS/c1-24-17-11-9-16(10-12-17)14-18-21-22-19(23(18)20)25-13-5-8-15-6-3-2-4-7-15/h2-12H,13-14,20H2,1H3. The Kier molecular flexibility index (Phi) is 5.74. The van der Waals surface area contributed by atoms with E-state index in [1.54, 1.807) is 23.5 Å². The molecular weight excluding hydrogens is 332 g/mol. The number of benzene rings is 2. The number of hydrogen-bond donors (Lipinski definition) is 1. The number of nitrogens with two attached hydrogens (primary N) is 1. The summed E-state index contributed by atoms with van der Waals surface area (Å²) in [5.74, 6) is 8.48. The molecule has 3 rings (SSSR count). The first-order valence-electron chi connectivity index (χ1n) is 7.93. The van der Waals surface area contributed by atoms with Crippen LogP contribution in [0.25, 0.3) is 6.08 Å². The Bertz CT molecular complexity index is 828. The number of hydrogen-bond acceptors (Lipinski definition) is 5. The van der Waals surface area contributed by atoms with Crippen LogP contribution in [0.3, 0.4) is 0 Å². The number of aromatic nitrogens is 3. The predicted molar refractivity (Wildman–Crippen MR) is 102 cm³/mol. The Labute approximate surface area is 151 Å². The zero-order chi connectivity index (χ0) is 17.5. The fourth-order valence-corrected chi connectivity index (χ4v) is 3.01. The quantitative estimate of drug-likeness (QED) is 0.521. The number of thioether (sulfide) groups is 1. The summed E-state index contributed by atoms with van der Waals surface area (Å²) >= 11 is 1.56. The highest BCUT2D eigenvalue weighted by molar-refractivity contribution is 7.99. The molecule has 0 fully saturated rings. The molecule has 2 N–H and O–H groups in total. The number of rotatable bonds is 7. The summed E-state index contributed by atoms with van der Waals surface area (Å²) in [7, 11) is 1.65. The molecule has 5 nitrogen and oxygen atoms in total. The van der Waals surface area contributed by atoms with Gasteiger partial charge >= 0.3 is 0 Å². The van der Waals surface area contributed by atoms with Crippen LogP contribution in [0.15, 0.2) is 65.8 Å². The third-order valence-electron chi connectivity index (χ3n) is 3.67. The molecule has 0 saturated heterocycles. The van der Waals surface area contributed by atoms with Gasteiger partial charge in [-0.1, -0.05) is 66.4 Å². The highest BCUT2D eigenvalue weighted by Gasteiger charge is 2.10. The lowest BCUT2D eigenvalue weighted by atomic mass is 10.1. The van der Waals surface area contributed by atoms with E-state index in [9.17, 15) is 0 Å². The number of methoxy groups -OCH3 is 1. The fraction of sp³-hybridized carbons (Fsp3) is 0.158. The number of nitrogens with zero attached hydrogens (tertiary/aromatic N) is 3. The first-order valence-corrected chi connectivity index (χ1v) is 8.91. The molecule has 0 saturated carbocycles. The van der Waals surface area contributed by atoms with E-state index < -0.39 is 0 Å². The van der Waals surface area contributed by atoms with E-state index in [0.29, 0.717) is 11.6 Å². The van der Waals surface area contributed by atoms with E-state index in [1.807, 2.05) is 42.5 Å². The van der Waals surface area contributed by atoms with Gasteiger partial charge in [0.25, 0.3) is 0 Å². The van der Waals surface area contributed by atoms with Gasteiger partial charge in [0.05, 0.1) is 7.11 Å². The Balaban J connectivity index is 1.58. The van der Waals surface area contributed by atoms with Crippen molar-refractivity contribution in [2.45, 2.75) is 11.6 Å². The largest absolute Gasteiger partial charge is 0.497 e. The zero-order valence-corrected chi connectivity index (χ0v) is 14.8. The van der Waals surface area contributed by atoms with Crippen molar-refractivity contribution in [1.29, 1.82) is 0 Å². The Morgan fingerprint density at radius 2 is 1.84 bits per heavy atom. The molecule has 3 aromatic rings. The lowest BCUT2D eigenvalue weighted by molar-refractivity contribution is 0.414. The first kappa shape index (κ1) is 17.1. The first-order chi connectivity index (χ1) is 12.3. The lowest BCUT2D eigenvalue weighted by Crippen LogP contribution is -2.14. The van der Waals surface area contributed by atoms with E-state index >= 15 is 0 Å². The van der Waals surface area contributed by atoms with Gasteiger partial charge in [0.15, 0.2) is 5.82 Å². The molecule has 0 bridgehead atoms. The fourth-order valence-electron chi connectivity index (χ4n) is 2.32. The van der Waals surface area contributed by atoms with Crippen molar-refractivity contribution in [2.75, 3.05) is 18.7 Å². The Morgan fingerprint density at radius 1 is 1.08 bits per heavy atom. The Hall–Kier alpha value is -2.73. The summed E-state index contributed by atoms with van der Waals surface area (Å²) in [6, 6.07) is 18.1. The van der Waals surface area contributed by atoms with Crippen LogP contribution in [0, 0.1) is 0 Å². The predicted octanol–water partition coefficient (Wildman–Crippen LogP) is 3.40. The summed E-state index contributed by atoms with van der Waals surface area (Å²) < 4.78 is 6.73. The maximum absolute atomic E-state index is 6.12. The van der Waals surface area contributed by atoms with Crippen molar-refractivity contribution in [3.8, 4) is 5.75 Å². The number of nitrogen functional groups attached to an aromatic ring is 1. The molecule has 0 aliphatic heterocycles. The highest BCUT2D eigenvalue weighted by Crippen LogP contribution is 2.18. The van der Waals surface area contributed by atoms with Crippen LogP contribution in [0.5, 0.6) is 5.75 Å². The van der Waals surface area contributed by atoms with Crippen LogP contribution >= 0.6 is 11.8 Å². The van der Waals surface area contributed by atoms with Crippen molar-refractivity contribution >= 4 is 17.8 Å². The molecule has 0 aliphatic carbocycles. The van der Waals surface area contributed by atoms with Crippen LogP contribution in [0.1, 0.15) is 17.0 Å². The Morgan fingerprint density at radius 3 is 2.56 bits per heavy atom. The van der Waals surface area contributed by atoms with Crippen LogP contribution in [0.4, 0.5) is 0 Å². The van der Waals surface area contributed by atoms with E-state index in [4.69, 9.17) is 10.6 Å². The van der Waals surface area contributed by atoms with Crippen LogP contribution in [-0.4, -0.2) is 27.7 Å². The second-order valence-corrected chi connectivity index (χ2v) is 6.40. The molecule has 1 heterocycles. The van der Waals surface area contributed by atoms with E-state index in [2.05, 4.69) is 34.5 Å². The molecule has 0 atom stereocenters. The second kappa shape index (κ2) is 8.39. The molecule has 0 amide bonds. The van der Waals surface area contributed by atoms with Gasteiger partial charge in [-0.3, -0.25) is 0 Å². The van der Waals surface area contributed by atoms with Gasteiger partial charge in [0.2, 0.25) is 5.16 Å². The molecule has 0 spiro atoms. The minimum atomic E-state index is 0.633. The van der Waals surface area contributed by atoms with Crippen molar-refractivity contribution < 1.29 is 4.74 Å². The van der Waals surface area contributed by atoms with E-state index in [1.165, 1.54) is 5.56 Å². The minimum absolute atomic E-state index is 0.633. The lowest BCUT2D eigenvalue weighted by Gasteiger charge is -2.04. The minimum Gasteiger partial charge on any atom is -0.497 e. The topological polar surface area (TPSA) is 66.0 Å². The van der Waals surface area contributed by atoms with Crippen LogP contribution in [-0.2, 0) is 6.42 Å². The summed E-state index contributed by atoms with van der Waals surface area (Å²) in [4.78, 5) is 0.